The lowest BCUT2D eigenvalue weighted by molar-refractivity contribution is -0.114. The molecule has 1 aliphatic rings. The van der Waals surface area contributed by atoms with Crippen LogP contribution in [0, 0.1) is 11.3 Å². The second-order valence-electron chi connectivity index (χ2n) is 8.84. The molecule has 1 atom stereocenters. The number of aromatic nitrogens is 1. The fraction of sp³-hybridized carbons (Fsp3) is 0.133. The molecule has 2 amide bonds. The number of hydrogen-bond donors (Lipinski definition) is 3. The number of allylic oxidation sites excluding steroid dienone is 2. The van der Waals surface area contributed by atoms with Gasteiger partial charge in [0, 0.05) is 11.3 Å². The smallest absolute Gasteiger partial charge is 0.254 e. The number of nitrogens with zero attached hydrogens (tertiary/aromatic N) is 2. The summed E-state index contributed by atoms with van der Waals surface area (Å²) in [6, 6.07) is 26.5. The number of ether oxygens (including phenoxy) is 1. The molecule has 0 aliphatic carbocycles. The number of anilines is 2. The molecule has 10 heteroatoms. The number of rotatable bonds is 8. The van der Waals surface area contributed by atoms with Gasteiger partial charge in [0.1, 0.15) is 5.75 Å². The summed E-state index contributed by atoms with van der Waals surface area (Å²) in [6.07, 6.45) is 0. The molecular formula is C30H25N5O3S2. The zero-order valence-electron chi connectivity index (χ0n) is 21.7. The average molecular weight is 568 g/mol. The predicted octanol–water partition coefficient (Wildman–Crippen LogP) is 6.01. The Labute approximate surface area is 239 Å². The number of amides is 2. The predicted molar refractivity (Wildman–Crippen MR) is 160 cm³/mol. The van der Waals surface area contributed by atoms with Gasteiger partial charge >= 0.3 is 0 Å². The van der Waals surface area contributed by atoms with Crippen molar-refractivity contribution in [1.29, 1.82) is 5.26 Å². The average Bonchev–Trinajstić information content (AvgIpc) is 3.38. The van der Waals surface area contributed by atoms with E-state index in [1.54, 1.807) is 19.1 Å². The Kier molecular flexibility index (Phi) is 8.15. The van der Waals surface area contributed by atoms with E-state index in [0.717, 1.165) is 15.8 Å². The van der Waals surface area contributed by atoms with Gasteiger partial charge in [0.15, 0.2) is 5.13 Å². The van der Waals surface area contributed by atoms with Gasteiger partial charge in [-0.05, 0) is 36.8 Å². The monoisotopic (exact) mass is 567 g/mol. The molecule has 8 nitrogen and oxygen atoms in total. The van der Waals surface area contributed by atoms with Crippen molar-refractivity contribution in [3.05, 3.63) is 106 Å². The Morgan fingerprint density at radius 2 is 1.77 bits per heavy atom. The lowest BCUT2D eigenvalue weighted by atomic mass is 9.82. The largest absolute Gasteiger partial charge is 0.495 e. The van der Waals surface area contributed by atoms with E-state index >= 15 is 0 Å². The molecule has 0 radical (unpaired) electrons. The van der Waals surface area contributed by atoms with Crippen molar-refractivity contribution in [3.8, 4) is 11.8 Å². The summed E-state index contributed by atoms with van der Waals surface area (Å²) in [7, 11) is 1.54. The van der Waals surface area contributed by atoms with E-state index in [-0.39, 0.29) is 17.6 Å². The second kappa shape index (κ2) is 12.1. The van der Waals surface area contributed by atoms with Crippen LogP contribution in [0.2, 0.25) is 0 Å². The van der Waals surface area contributed by atoms with E-state index in [1.165, 1.54) is 30.2 Å². The van der Waals surface area contributed by atoms with Gasteiger partial charge in [0.25, 0.3) is 5.91 Å². The molecule has 5 rings (SSSR count). The van der Waals surface area contributed by atoms with Crippen molar-refractivity contribution in [2.24, 2.45) is 0 Å². The van der Waals surface area contributed by atoms with Gasteiger partial charge in [-0.3, -0.25) is 9.59 Å². The first-order chi connectivity index (χ1) is 19.5. The number of thiazole rings is 1. The first-order valence-electron chi connectivity index (χ1n) is 12.4. The number of dihydropyridines is 1. The van der Waals surface area contributed by atoms with Crippen LogP contribution in [0.1, 0.15) is 18.4 Å². The summed E-state index contributed by atoms with van der Waals surface area (Å²) in [4.78, 5) is 30.9. The van der Waals surface area contributed by atoms with Gasteiger partial charge in [-0.2, -0.15) is 5.26 Å². The van der Waals surface area contributed by atoms with E-state index in [1.807, 2.05) is 66.7 Å². The summed E-state index contributed by atoms with van der Waals surface area (Å²) in [6.45, 7) is 1.79. The minimum absolute atomic E-state index is 0.0565. The topological polar surface area (TPSA) is 116 Å². The normalized spacial score (nSPS) is 14.9. The van der Waals surface area contributed by atoms with Crippen LogP contribution in [0.25, 0.3) is 10.2 Å². The Morgan fingerprint density at radius 3 is 2.52 bits per heavy atom. The molecule has 4 aromatic rings. The number of fused-ring (bicyclic) bond motifs is 1. The van der Waals surface area contributed by atoms with E-state index < -0.39 is 5.92 Å². The molecule has 2 heterocycles. The van der Waals surface area contributed by atoms with Crippen LogP contribution >= 0.6 is 23.1 Å². The molecule has 0 unspecified atom stereocenters. The summed E-state index contributed by atoms with van der Waals surface area (Å²) >= 11 is 2.62. The first kappa shape index (κ1) is 27.0. The van der Waals surface area contributed by atoms with Crippen molar-refractivity contribution < 1.29 is 14.3 Å². The van der Waals surface area contributed by atoms with E-state index in [0.29, 0.717) is 38.4 Å². The van der Waals surface area contributed by atoms with Crippen LogP contribution < -0.4 is 20.7 Å². The summed E-state index contributed by atoms with van der Waals surface area (Å²) in [5, 5.41) is 20.3. The van der Waals surface area contributed by atoms with Crippen LogP contribution in [0.4, 0.5) is 10.8 Å². The molecule has 0 saturated carbocycles. The van der Waals surface area contributed by atoms with Crippen molar-refractivity contribution >= 4 is 55.9 Å². The van der Waals surface area contributed by atoms with Gasteiger partial charge < -0.3 is 20.7 Å². The Hall–Kier alpha value is -4.59. The quantitative estimate of drug-likeness (QED) is 0.239. The number of thioether (sulfide) groups is 1. The third kappa shape index (κ3) is 5.71. The van der Waals surface area contributed by atoms with Gasteiger partial charge in [-0.25, -0.2) is 4.98 Å². The van der Waals surface area contributed by atoms with Gasteiger partial charge in [-0.15, -0.1) is 0 Å². The molecule has 1 aliphatic heterocycles. The Balaban J connectivity index is 1.40. The standard InChI is InChI=1S/C30H25N5O3S2/c1-18-26(28(37)33-21-12-6-8-14-23(21)38-2)27(19-10-4-3-5-11-19)20(16-31)29(32-18)39-17-25(36)35-30-34-22-13-7-9-15-24(22)40-30/h3-15,27,32H,17H2,1-2H3,(H,33,37)(H,34,35,36)/t27-/m1/s1. The Bertz CT molecular complexity index is 1660. The van der Waals surface area contributed by atoms with Gasteiger partial charge in [-0.1, -0.05) is 77.7 Å². The number of nitrogens with one attached hydrogen (secondary N) is 3. The maximum absolute atomic E-state index is 13.7. The first-order valence-corrected chi connectivity index (χ1v) is 14.2. The molecule has 0 saturated heterocycles. The maximum Gasteiger partial charge on any atom is 0.254 e. The fourth-order valence-electron chi connectivity index (χ4n) is 4.46. The zero-order valence-corrected chi connectivity index (χ0v) is 23.4. The highest BCUT2D eigenvalue weighted by molar-refractivity contribution is 8.03. The molecule has 3 N–H and O–H groups in total. The second-order valence-corrected chi connectivity index (χ2v) is 10.9. The maximum atomic E-state index is 13.7. The van der Waals surface area contributed by atoms with Crippen LogP contribution in [-0.2, 0) is 9.59 Å². The molecule has 0 spiro atoms. The molecule has 0 fully saturated rings. The van der Waals surface area contributed by atoms with Crippen molar-refractivity contribution in [3.63, 3.8) is 0 Å². The zero-order chi connectivity index (χ0) is 28.1. The number of hydrogen-bond acceptors (Lipinski definition) is 8. The van der Waals surface area contributed by atoms with Crippen LogP contribution in [-0.4, -0.2) is 29.7 Å². The molecule has 40 heavy (non-hydrogen) atoms. The lowest BCUT2D eigenvalue weighted by Crippen LogP contribution is -2.31. The molecule has 200 valence electrons. The lowest BCUT2D eigenvalue weighted by Gasteiger charge is -2.30. The van der Waals surface area contributed by atoms with Crippen molar-refractivity contribution in [2.45, 2.75) is 12.8 Å². The summed E-state index contributed by atoms with van der Waals surface area (Å²) in [5.74, 6) is -0.638. The molecule has 0 bridgehead atoms. The number of nitriles is 1. The number of methoxy groups -OCH3 is 1. The highest BCUT2D eigenvalue weighted by atomic mass is 32.2. The molecule has 3 aromatic carbocycles. The summed E-state index contributed by atoms with van der Waals surface area (Å²) in [5.41, 5.74) is 3.51. The minimum Gasteiger partial charge on any atom is -0.495 e. The molecular weight excluding hydrogens is 542 g/mol. The third-order valence-corrected chi connectivity index (χ3v) is 8.24. The third-order valence-electron chi connectivity index (χ3n) is 6.27. The van der Waals surface area contributed by atoms with E-state index in [4.69, 9.17) is 4.74 Å². The van der Waals surface area contributed by atoms with Gasteiger partial charge in [0.2, 0.25) is 5.91 Å². The van der Waals surface area contributed by atoms with Crippen molar-refractivity contribution in [1.82, 2.24) is 10.3 Å². The Morgan fingerprint density at radius 1 is 1.05 bits per heavy atom. The highest BCUT2D eigenvalue weighted by Gasteiger charge is 2.35. The van der Waals surface area contributed by atoms with Gasteiger partial charge in [0.05, 0.1) is 51.4 Å². The van der Waals surface area contributed by atoms with E-state index in [9.17, 15) is 14.9 Å². The number of carbonyl (C=O) groups is 2. The number of para-hydroxylation sites is 3. The number of benzene rings is 3. The van der Waals surface area contributed by atoms with Crippen LogP contribution in [0.3, 0.4) is 0 Å². The summed E-state index contributed by atoms with van der Waals surface area (Å²) < 4.78 is 6.38. The number of carbonyl (C=O) groups excluding carboxylic acids is 2. The minimum atomic E-state index is -0.628. The fourth-order valence-corrected chi connectivity index (χ4v) is 6.24. The SMILES string of the molecule is COc1ccccc1NC(=O)C1=C(C)NC(SCC(=O)Nc2nc3ccccc3s2)=C(C#N)[C@H]1c1ccccc1. The molecule has 1 aromatic heterocycles. The van der Waals surface area contributed by atoms with Crippen molar-refractivity contribution in [2.75, 3.05) is 23.5 Å². The van der Waals surface area contributed by atoms with E-state index in [2.05, 4.69) is 27.0 Å². The highest BCUT2D eigenvalue weighted by Crippen LogP contribution is 2.41. The van der Waals surface area contributed by atoms with Crippen LogP contribution in [0.15, 0.2) is 101 Å². The van der Waals surface area contributed by atoms with Crippen LogP contribution in [0.5, 0.6) is 5.75 Å².